The van der Waals surface area contributed by atoms with Gasteiger partial charge in [0, 0.05) is 27.3 Å². The zero-order valence-corrected chi connectivity index (χ0v) is 60.7. The first-order valence-corrected chi connectivity index (χ1v) is 35.0. The summed E-state index contributed by atoms with van der Waals surface area (Å²) >= 11 is 5.98. The SMILES string of the molecule is COC(=O)c1ccc(-c2nc(-c3ccccc3O)nc(-c3ccccc3O)n2)cc1.N#Cc1ccc(-c2nc(-c3ccccc3O)nc(-c3ccccc3O)n2)cc1.Oc1ccccc1-c1nc(-c2ccc(C(F)(F)F)cc2)nc(-c2ccccc2O)n1.Oc1ccccc1-c1nc(-c2ccc(Cl)cc2)nc(-c2ccccc2O)n1. The molecule has 16 aromatic rings. The summed E-state index contributed by atoms with van der Waals surface area (Å²) in [6.45, 7) is 0. The summed E-state index contributed by atoms with van der Waals surface area (Å²) in [6.07, 6.45) is -4.46. The van der Waals surface area contributed by atoms with Gasteiger partial charge in [-0.05, 0) is 170 Å². The Morgan fingerprint density at radius 1 is 0.296 bits per heavy atom. The molecule has 0 unspecified atom stereocenters. The molecule has 8 N–H and O–H groups in total. The number of aromatic hydroxyl groups is 8. The lowest BCUT2D eigenvalue weighted by Gasteiger charge is -2.11. The second-order valence-electron chi connectivity index (χ2n) is 24.7. The molecule has 27 heteroatoms. The second kappa shape index (κ2) is 34.8. The van der Waals surface area contributed by atoms with Crippen LogP contribution in [0.15, 0.2) is 291 Å². The Morgan fingerprint density at radius 2 is 0.487 bits per heavy atom. The van der Waals surface area contributed by atoms with Crippen LogP contribution in [0.1, 0.15) is 21.5 Å². The Hall–Kier alpha value is -15.9. The maximum absolute atomic E-state index is 12.9. The maximum atomic E-state index is 12.9. The van der Waals surface area contributed by atoms with Crippen LogP contribution in [0.2, 0.25) is 5.02 Å². The molecule has 115 heavy (non-hydrogen) atoms. The fourth-order valence-electron chi connectivity index (χ4n) is 11.3. The highest BCUT2D eigenvalue weighted by molar-refractivity contribution is 6.30. The molecule has 0 spiro atoms. The topological polar surface area (TPSA) is 367 Å². The monoisotopic (exact) mass is 1550 g/mol. The van der Waals surface area contributed by atoms with Crippen LogP contribution in [-0.4, -0.2) is 114 Å². The van der Waals surface area contributed by atoms with Crippen molar-refractivity contribution < 1.29 is 63.6 Å². The van der Waals surface area contributed by atoms with Crippen molar-refractivity contribution in [2.75, 3.05) is 7.11 Å². The minimum atomic E-state index is -4.46. The van der Waals surface area contributed by atoms with Gasteiger partial charge in [0.1, 0.15) is 46.0 Å². The number of alkyl halides is 3. The highest BCUT2D eigenvalue weighted by atomic mass is 35.5. The maximum Gasteiger partial charge on any atom is 0.416 e. The van der Waals surface area contributed by atoms with E-state index in [1.165, 1.54) is 31.4 Å². The van der Waals surface area contributed by atoms with Crippen molar-refractivity contribution in [3.63, 3.8) is 0 Å². The lowest BCUT2D eigenvalue weighted by atomic mass is 10.1. The van der Waals surface area contributed by atoms with E-state index < -0.39 is 17.7 Å². The molecule has 23 nitrogen and oxygen atoms in total. The van der Waals surface area contributed by atoms with Crippen LogP contribution in [0.4, 0.5) is 13.2 Å². The van der Waals surface area contributed by atoms with Gasteiger partial charge < -0.3 is 45.6 Å². The minimum absolute atomic E-state index is 0.0268. The average Bonchev–Trinajstić information content (AvgIpc) is 0.806. The Kier molecular flexibility index (Phi) is 23.4. The molecule has 0 aliphatic heterocycles. The lowest BCUT2D eigenvalue weighted by Crippen LogP contribution is -2.05. The molecular formula is C88H59ClF3N13O10. The van der Waals surface area contributed by atoms with Crippen molar-refractivity contribution in [1.29, 1.82) is 5.26 Å². The molecule has 4 aromatic heterocycles. The number of hydrogen-bond donors (Lipinski definition) is 8. The number of esters is 1. The first-order valence-electron chi connectivity index (χ1n) is 34.6. The number of ether oxygens (including phenoxy) is 1. The normalized spacial score (nSPS) is 10.8. The third-order valence-electron chi connectivity index (χ3n) is 17.1. The van der Waals surface area contributed by atoms with Crippen LogP contribution >= 0.6 is 11.6 Å². The van der Waals surface area contributed by atoms with Crippen LogP contribution in [-0.2, 0) is 10.9 Å². The summed E-state index contributed by atoms with van der Waals surface area (Å²) in [5.74, 6) is 2.87. The number of phenolic OH excluding ortho intramolecular Hbond substituents is 8. The molecule has 0 amide bonds. The van der Waals surface area contributed by atoms with Gasteiger partial charge in [-0.25, -0.2) is 64.6 Å². The third kappa shape index (κ3) is 18.4. The fourth-order valence-corrected chi connectivity index (χ4v) is 11.4. The van der Waals surface area contributed by atoms with E-state index in [0.717, 1.165) is 17.7 Å². The molecule has 0 aliphatic rings. The van der Waals surface area contributed by atoms with Gasteiger partial charge in [-0.3, -0.25) is 0 Å². The molecule has 0 saturated carbocycles. The number of nitriles is 1. The van der Waals surface area contributed by atoms with Crippen molar-refractivity contribution in [2.45, 2.75) is 6.18 Å². The van der Waals surface area contributed by atoms with Crippen molar-refractivity contribution >= 4 is 17.6 Å². The predicted octanol–water partition coefficient (Wildman–Crippen LogP) is 18.5. The van der Waals surface area contributed by atoms with Gasteiger partial charge in [-0.2, -0.15) is 18.4 Å². The molecule has 0 radical (unpaired) electrons. The molecular weight excluding hydrogens is 1490 g/mol. The number of halogens is 4. The lowest BCUT2D eigenvalue weighted by molar-refractivity contribution is -0.137. The predicted molar refractivity (Wildman–Crippen MR) is 424 cm³/mol. The zero-order valence-electron chi connectivity index (χ0n) is 59.9. The van der Waals surface area contributed by atoms with Crippen molar-refractivity contribution in [1.82, 2.24) is 59.8 Å². The summed E-state index contributed by atoms with van der Waals surface area (Å²) in [5, 5.41) is 91.4. The van der Waals surface area contributed by atoms with E-state index in [4.69, 9.17) is 21.6 Å². The van der Waals surface area contributed by atoms with Crippen LogP contribution in [0.5, 0.6) is 46.0 Å². The fraction of sp³-hybridized carbons (Fsp3) is 0.0227. The van der Waals surface area contributed by atoms with Crippen LogP contribution < -0.4 is 0 Å². The van der Waals surface area contributed by atoms with E-state index in [2.05, 4.69) is 65.9 Å². The molecule has 12 aromatic carbocycles. The highest BCUT2D eigenvalue weighted by Crippen LogP contribution is 2.39. The van der Waals surface area contributed by atoms with Gasteiger partial charge in [0.25, 0.3) is 0 Å². The quantitative estimate of drug-likeness (QED) is 0.0497. The van der Waals surface area contributed by atoms with Crippen molar-refractivity contribution in [2.24, 2.45) is 0 Å². The van der Waals surface area contributed by atoms with Crippen LogP contribution in [0.25, 0.3) is 137 Å². The van der Waals surface area contributed by atoms with Gasteiger partial charge in [-0.15, -0.1) is 0 Å². The molecule has 4 heterocycles. The number of rotatable bonds is 13. The molecule has 564 valence electrons. The first kappa shape index (κ1) is 77.3. The number of methoxy groups -OCH3 is 1. The summed E-state index contributed by atoms with van der Waals surface area (Å²) in [5.41, 5.74) is 5.93. The number of hydrogen-bond acceptors (Lipinski definition) is 23. The Morgan fingerprint density at radius 3 is 0.687 bits per heavy atom. The molecule has 0 saturated heterocycles. The number of para-hydroxylation sites is 8. The van der Waals surface area contributed by atoms with E-state index in [-0.39, 0.29) is 86.8 Å². The van der Waals surface area contributed by atoms with Crippen molar-refractivity contribution in [3.8, 4) is 189 Å². The number of carbonyl (C=O) groups excluding carboxylic acids is 1. The molecule has 0 bridgehead atoms. The van der Waals surface area contributed by atoms with Crippen LogP contribution in [0, 0.1) is 11.3 Å². The number of aromatic nitrogens is 12. The van der Waals surface area contributed by atoms with Crippen LogP contribution in [0.3, 0.4) is 0 Å². The smallest absolute Gasteiger partial charge is 0.416 e. The standard InChI is InChI=1S/C23H17N3O4.C22H14F3N3O2.C22H14N4O2.C21H14ClN3O2/c1-30-23(29)15-12-10-14(11-13-15)20-24-21(16-6-2-4-8-18(16)27)26-22(25-20)17-7-3-5-9-19(17)28;23-22(24,25)14-11-9-13(10-12-14)19-26-20(15-5-1-3-7-17(15)29)28-21(27-19)16-6-2-4-8-18(16)30;23-13-14-9-11-15(12-10-14)20-24-21(16-5-1-3-7-18(16)27)26-22(25-20)17-6-2-4-8-19(17)28;22-14-11-9-13(10-12-14)19-23-20(15-5-1-3-7-17(15)26)25-21(24-19)16-6-2-4-8-18(16)27/h2-13,27-28H,1H3;1-12,29-30H;1-12,27-28H;1-12,26-27H. The van der Waals surface area contributed by atoms with Gasteiger partial charge >= 0.3 is 12.1 Å². The largest absolute Gasteiger partial charge is 0.507 e. The van der Waals surface area contributed by atoms with Gasteiger partial charge in [0.15, 0.2) is 69.9 Å². The van der Waals surface area contributed by atoms with E-state index in [1.54, 1.807) is 255 Å². The summed E-state index contributed by atoms with van der Waals surface area (Å²) in [6, 6.07) is 80.5. The third-order valence-corrected chi connectivity index (χ3v) is 17.4. The Bertz CT molecular complexity index is 6010. The van der Waals surface area contributed by atoms with Crippen molar-refractivity contribution in [3.05, 3.63) is 313 Å². The number of nitrogens with zero attached hydrogens (tertiary/aromatic N) is 13. The molecule has 16 rings (SSSR count). The van der Waals surface area contributed by atoms with Gasteiger partial charge in [-0.1, -0.05) is 133 Å². The first-order chi connectivity index (χ1) is 55.7. The summed E-state index contributed by atoms with van der Waals surface area (Å²) in [4.78, 5) is 65.2. The second-order valence-corrected chi connectivity index (χ2v) is 25.1. The van der Waals surface area contributed by atoms with Gasteiger partial charge in [0.05, 0.1) is 74.4 Å². The summed E-state index contributed by atoms with van der Waals surface area (Å²) in [7, 11) is 1.32. The molecule has 0 fully saturated rings. The Balaban J connectivity index is 0.000000134. The van der Waals surface area contributed by atoms with Gasteiger partial charge in [0.2, 0.25) is 0 Å². The Labute approximate surface area is 657 Å². The minimum Gasteiger partial charge on any atom is -0.507 e. The number of carbonyl (C=O) groups is 1. The number of phenols is 8. The van der Waals surface area contributed by atoms with E-state index in [1.807, 2.05) is 0 Å². The number of benzene rings is 12. The highest BCUT2D eigenvalue weighted by Gasteiger charge is 2.31. The summed E-state index contributed by atoms with van der Waals surface area (Å²) < 4.78 is 43.4. The zero-order chi connectivity index (χ0) is 80.7. The molecule has 0 aliphatic carbocycles. The van der Waals surface area contributed by atoms with E-state index >= 15 is 0 Å². The average molecular weight is 1550 g/mol. The molecule has 0 atom stereocenters. The van der Waals surface area contributed by atoms with E-state index in [9.17, 15) is 58.8 Å². The van der Waals surface area contributed by atoms with E-state index in [0.29, 0.717) is 106 Å².